The van der Waals surface area contributed by atoms with Gasteiger partial charge in [-0.2, -0.15) is 0 Å². The predicted octanol–water partition coefficient (Wildman–Crippen LogP) is 3.69. The van der Waals surface area contributed by atoms with Crippen molar-refractivity contribution in [1.29, 1.82) is 0 Å². The Morgan fingerprint density at radius 3 is 2.81 bits per heavy atom. The first-order chi connectivity index (χ1) is 13.2. The van der Waals surface area contributed by atoms with E-state index < -0.39 is 0 Å². The first-order valence-electron chi connectivity index (χ1n) is 9.89. The van der Waals surface area contributed by atoms with E-state index in [4.69, 9.17) is 4.74 Å². The molecule has 0 radical (unpaired) electrons. The minimum absolute atomic E-state index is 0.0484. The summed E-state index contributed by atoms with van der Waals surface area (Å²) in [6.07, 6.45) is 5.75. The Morgan fingerprint density at radius 2 is 2.07 bits per heavy atom. The van der Waals surface area contributed by atoms with E-state index in [1.807, 2.05) is 48.4 Å². The molecule has 3 rings (SSSR count). The molecule has 1 aromatic heterocycles. The first-order valence-corrected chi connectivity index (χ1v) is 9.89. The molecule has 5 nitrogen and oxygen atoms in total. The molecule has 0 bridgehead atoms. The van der Waals surface area contributed by atoms with Crippen LogP contribution in [0.5, 0.6) is 5.75 Å². The summed E-state index contributed by atoms with van der Waals surface area (Å²) in [5.41, 5.74) is 2.32. The van der Waals surface area contributed by atoms with E-state index in [0.717, 1.165) is 50.2 Å². The lowest BCUT2D eigenvalue weighted by Gasteiger charge is -2.32. The SMILES string of the molecule is CCOc1cccc(CCNC(=O)N2CCC(Cc3ccccn3)CC2)c1. The summed E-state index contributed by atoms with van der Waals surface area (Å²) < 4.78 is 5.52. The van der Waals surface area contributed by atoms with Crippen LogP contribution < -0.4 is 10.1 Å². The third-order valence-corrected chi connectivity index (χ3v) is 5.03. The number of carbonyl (C=O) groups is 1. The third kappa shape index (κ3) is 5.98. The van der Waals surface area contributed by atoms with Gasteiger partial charge in [-0.15, -0.1) is 0 Å². The van der Waals surface area contributed by atoms with Gasteiger partial charge < -0.3 is 15.0 Å². The number of carbonyl (C=O) groups excluding carboxylic acids is 1. The van der Waals surface area contributed by atoms with Crippen molar-refractivity contribution in [2.24, 2.45) is 5.92 Å². The van der Waals surface area contributed by atoms with Crippen molar-refractivity contribution in [1.82, 2.24) is 15.2 Å². The van der Waals surface area contributed by atoms with Gasteiger partial charge in [-0.1, -0.05) is 18.2 Å². The number of rotatable bonds is 7. The molecule has 0 unspecified atom stereocenters. The van der Waals surface area contributed by atoms with Crippen LogP contribution in [-0.4, -0.2) is 42.2 Å². The zero-order valence-corrected chi connectivity index (χ0v) is 16.1. The second-order valence-electron chi connectivity index (χ2n) is 7.02. The number of hydrogen-bond acceptors (Lipinski definition) is 3. The molecule has 0 atom stereocenters. The van der Waals surface area contributed by atoms with E-state index >= 15 is 0 Å². The Bertz CT molecular complexity index is 713. The van der Waals surface area contributed by atoms with Crippen molar-refractivity contribution >= 4 is 6.03 Å². The summed E-state index contributed by atoms with van der Waals surface area (Å²) >= 11 is 0. The highest BCUT2D eigenvalue weighted by Gasteiger charge is 2.22. The summed E-state index contributed by atoms with van der Waals surface area (Å²) in [6, 6.07) is 14.2. The van der Waals surface area contributed by atoms with Gasteiger partial charge in [-0.3, -0.25) is 4.98 Å². The number of pyridine rings is 1. The fourth-order valence-corrected chi connectivity index (χ4v) is 3.54. The first kappa shape index (κ1) is 19.2. The number of amides is 2. The van der Waals surface area contributed by atoms with Crippen molar-refractivity contribution in [3.63, 3.8) is 0 Å². The Hall–Kier alpha value is -2.56. The molecule has 1 aromatic carbocycles. The summed E-state index contributed by atoms with van der Waals surface area (Å²) in [4.78, 5) is 18.7. The maximum Gasteiger partial charge on any atom is 0.317 e. The van der Waals surface area contributed by atoms with E-state index in [2.05, 4.69) is 22.4 Å². The molecule has 1 saturated heterocycles. The zero-order valence-electron chi connectivity index (χ0n) is 16.1. The summed E-state index contributed by atoms with van der Waals surface area (Å²) in [5, 5.41) is 3.05. The van der Waals surface area contributed by atoms with Gasteiger partial charge in [0.2, 0.25) is 0 Å². The molecule has 2 aromatic rings. The number of hydrogen-bond donors (Lipinski definition) is 1. The predicted molar refractivity (Wildman–Crippen MR) is 107 cm³/mol. The van der Waals surface area contributed by atoms with E-state index in [-0.39, 0.29) is 6.03 Å². The molecule has 144 valence electrons. The van der Waals surface area contributed by atoms with E-state index in [1.165, 1.54) is 5.56 Å². The van der Waals surface area contributed by atoms with Crippen LogP contribution in [0.4, 0.5) is 4.79 Å². The molecule has 0 saturated carbocycles. The van der Waals surface area contributed by atoms with Crippen molar-refractivity contribution < 1.29 is 9.53 Å². The third-order valence-electron chi connectivity index (χ3n) is 5.03. The fraction of sp³-hybridized carbons (Fsp3) is 0.455. The van der Waals surface area contributed by atoms with Gasteiger partial charge in [-0.25, -0.2) is 4.79 Å². The van der Waals surface area contributed by atoms with Crippen molar-refractivity contribution in [2.75, 3.05) is 26.2 Å². The van der Waals surface area contributed by atoms with E-state index in [0.29, 0.717) is 19.1 Å². The van der Waals surface area contributed by atoms with Crippen LogP contribution in [-0.2, 0) is 12.8 Å². The minimum atomic E-state index is 0.0484. The molecule has 2 amide bonds. The molecular formula is C22H29N3O2. The van der Waals surface area contributed by atoms with Gasteiger partial charge in [0, 0.05) is 31.5 Å². The fourth-order valence-electron chi connectivity index (χ4n) is 3.54. The average molecular weight is 367 g/mol. The Kier molecular flexibility index (Phi) is 7.08. The Morgan fingerprint density at radius 1 is 1.22 bits per heavy atom. The molecule has 1 aliphatic heterocycles. The maximum atomic E-state index is 12.4. The maximum absolute atomic E-state index is 12.4. The highest BCUT2D eigenvalue weighted by atomic mass is 16.5. The van der Waals surface area contributed by atoms with Gasteiger partial charge in [0.05, 0.1) is 6.61 Å². The lowest BCUT2D eigenvalue weighted by molar-refractivity contribution is 0.170. The number of benzene rings is 1. The van der Waals surface area contributed by atoms with Gasteiger partial charge in [0.25, 0.3) is 0 Å². The number of ether oxygens (including phenoxy) is 1. The average Bonchev–Trinajstić information content (AvgIpc) is 2.70. The number of urea groups is 1. The highest BCUT2D eigenvalue weighted by Crippen LogP contribution is 2.21. The minimum Gasteiger partial charge on any atom is -0.494 e. The largest absolute Gasteiger partial charge is 0.494 e. The van der Waals surface area contributed by atoms with Crippen LogP contribution in [0.25, 0.3) is 0 Å². The standard InChI is InChI=1S/C22H29N3O2/c1-2-27-21-8-5-6-18(17-21)9-13-24-22(26)25-14-10-19(11-15-25)16-20-7-3-4-12-23-20/h3-8,12,17,19H,2,9-11,13-16H2,1H3,(H,24,26). The smallest absolute Gasteiger partial charge is 0.317 e. The van der Waals surface area contributed by atoms with Crippen molar-refractivity contribution in [3.05, 3.63) is 59.9 Å². The zero-order chi connectivity index (χ0) is 18.9. The van der Waals surface area contributed by atoms with Crippen LogP contribution in [0, 0.1) is 5.92 Å². The van der Waals surface area contributed by atoms with Crippen molar-refractivity contribution in [3.8, 4) is 5.75 Å². The Balaban J connectivity index is 1.37. The van der Waals surface area contributed by atoms with Gasteiger partial charge in [-0.05, 0) is 68.4 Å². The van der Waals surface area contributed by atoms with Crippen molar-refractivity contribution in [2.45, 2.75) is 32.6 Å². The molecule has 1 aliphatic rings. The number of nitrogens with zero attached hydrogens (tertiary/aromatic N) is 2. The van der Waals surface area contributed by atoms with Crippen LogP contribution in [0.1, 0.15) is 31.0 Å². The van der Waals surface area contributed by atoms with E-state index in [1.54, 1.807) is 0 Å². The topological polar surface area (TPSA) is 54.5 Å². The van der Waals surface area contributed by atoms with E-state index in [9.17, 15) is 4.79 Å². The summed E-state index contributed by atoms with van der Waals surface area (Å²) in [6.45, 7) is 4.93. The number of likely N-dealkylation sites (tertiary alicyclic amines) is 1. The second kappa shape index (κ2) is 9.95. The second-order valence-corrected chi connectivity index (χ2v) is 7.02. The molecule has 5 heteroatoms. The molecule has 1 N–H and O–H groups in total. The van der Waals surface area contributed by atoms with Crippen LogP contribution in [0.2, 0.25) is 0 Å². The van der Waals surface area contributed by atoms with Crippen LogP contribution >= 0.6 is 0 Å². The summed E-state index contributed by atoms with van der Waals surface area (Å²) in [5.74, 6) is 1.50. The van der Waals surface area contributed by atoms with Gasteiger partial charge in [0.1, 0.15) is 5.75 Å². The number of aromatic nitrogens is 1. The van der Waals surface area contributed by atoms with Gasteiger partial charge in [0.15, 0.2) is 0 Å². The van der Waals surface area contributed by atoms with Crippen LogP contribution in [0.3, 0.4) is 0 Å². The molecule has 27 heavy (non-hydrogen) atoms. The molecule has 2 heterocycles. The molecule has 0 spiro atoms. The molecule has 1 fully saturated rings. The lowest BCUT2D eigenvalue weighted by Crippen LogP contribution is -2.45. The summed E-state index contributed by atoms with van der Waals surface area (Å²) in [7, 11) is 0. The highest BCUT2D eigenvalue weighted by molar-refractivity contribution is 5.74. The Labute approximate surface area is 161 Å². The van der Waals surface area contributed by atoms with Crippen LogP contribution in [0.15, 0.2) is 48.7 Å². The quantitative estimate of drug-likeness (QED) is 0.812. The van der Waals surface area contributed by atoms with Gasteiger partial charge >= 0.3 is 6.03 Å². The molecular weight excluding hydrogens is 338 g/mol. The lowest BCUT2D eigenvalue weighted by atomic mass is 9.92. The monoisotopic (exact) mass is 367 g/mol. The normalized spacial score (nSPS) is 14.8. The number of nitrogens with one attached hydrogen (secondary N) is 1. The molecule has 0 aliphatic carbocycles. The number of piperidine rings is 1.